The number of hydrogen-bond donors (Lipinski definition) is 0. The molecule has 0 aliphatic heterocycles. The highest BCUT2D eigenvalue weighted by atomic mass is 35.5. The fourth-order valence-electron chi connectivity index (χ4n) is 2.62. The van der Waals surface area contributed by atoms with Gasteiger partial charge in [0, 0.05) is 12.6 Å². The van der Waals surface area contributed by atoms with Crippen LogP contribution in [0.2, 0.25) is 5.02 Å². The summed E-state index contributed by atoms with van der Waals surface area (Å²) in [5.74, 6) is 1.43. The Morgan fingerprint density at radius 2 is 2.00 bits per heavy atom. The molecule has 2 heterocycles. The number of rotatable bonds is 9. The summed E-state index contributed by atoms with van der Waals surface area (Å²) in [5, 5.41) is 0.577. The molecule has 0 aliphatic carbocycles. The maximum atomic E-state index is 6.15. The number of halogens is 1. The van der Waals surface area contributed by atoms with Gasteiger partial charge in [-0.1, -0.05) is 24.4 Å². The van der Waals surface area contributed by atoms with Crippen molar-refractivity contribution in [2.75, 3.05) is 13.7 Å². The number of benzene rings is 1. The largest absolute Gasteiger partial charge is 0.497 e. The molecule has 0 unspecified atom stereocenters. The topological polar surface area (TPSA) is 62.1 Å². The van der Waals surface area contributed by atoms with Gasteiger partial charge in [-0.3, -0.25) is 0 Å². The summed E-state index contributed by atoms with van der Waals surface area (Å²) in [6.45, 7) is 1.58. The van der Waals surface area contributed by atoms with Crippen LogP contribution in [0.5, 0.6) is 11.5 Å². The molecule has 1 aromatic carbocycles. The predicted molar refractivity (Wildman–Crippen MR) is 97.3 cm³/mol. The van der Waals surface area contributed by atoms with Crippen LogP contribution >= 0.6 is 11.6 Å². The first kappa shape index (κ1) is 17.5. The van der Waals surface area contributed by atoms with E-state index in [1.54, 1.807) is 25.7 Å². The Labute approximate surface area is 151 Å². The average molecular weight is 361 g/mol. The lowest BCUT2D eigenvalue weighted by Gasteiger charge is -2.09. The highest BCUT2D eigenvalue weighted by Crippen LogP contribution is 2.28. The van der Waals surface area contributed by atoms with E-state index in [2.05, 4.69) is 19.5 Å². The molecule has 2 aromatic heterocycles. The van der Waals surface area contributed by atoms with E-state index in [1.165, 1.54) is 0 Å². The Bertz CT molecular complexity index is 822. The highest BCUT2D eigenvalue weighted by Gasteiger charge is 2.04. The van der Waals surface area contributed by atoms with Crippen molar-refractivity contribution in [2.45, 2.75) is 32.2 Å². The Balaban J connectivity index is 1.34. The van der Waals surface area contributed by atoms with Gasteiger partial charge in [-0.05, 0) is 25.0 Å². The van der Waals surface area contributed by atoms with E-state index >= 15 is 0 Å². The van der Waals surface area contributed by atoms with Crippen molar-refractivity contribution in [3.05, 3.63) is 42.1 Å². The van der Waals surface area contributed by atoms with Crippen LogP contribution in [0.3, 0.4) is 0 Å². The fraction of sp³-hybridized carbons (Fsp3) is 0.389. The molecule has 0 atom stereocenters. The summed E-state index contributed by atoms with van der Waals surface area (Å²) in [6, 6.07) is 5.45. The molecule has 0 saturated heterocycles. The van der Waals surface area contributed by atoms with Crippen LogP contribution in [0.15, 0.2) is 37.1 Å². The number of fused-ring (bicyclic) bond motifs is 1. The van der Waals surface area contributed by atoms with Crippen LogP contribution in [0, 0.1) is 0 Å². The van der Waals surface area contributed by atoms with Gasteiger partial charge in [-0.2, -0.15) is 0 Å². The second-order valence-corrected chi connectivity index (χ2v) is 6.14. The number of aromatic nitrogens is 4. The molecular formula is C18H21ClN4O2. The van der Waals surface area contributed by atoms with Gasteiger partial charge in [-0.25, -0.2) is 15.0 Å². The Morgan fingerprint density at radius 1 is 1.12 bits per heavy atom. The van der Waals surface area contributed by atoms with E-state index in [0.717, 1.165) is 49.1 Å². The van der Waals surface area contributed by atoms with E-state index in [1.807, 2.05) is 18.5 Å². The van der Waals surface area contributed by atoms with Crippen molar-refractivity contribution < 1.29 is 9.47 Å². The van der Waals surface area contributed by atoms with E-state index in [4.69, 9.17) is 21.1 Å². The van der Waals surface area contributed by atoms with Gasteiger partial charge in [0.1, 0.15) is 23.3 Å². The third-order valence-corrected chi connectivity index (χ3v) is 4.27. The van der Waals surface area contributed by atoms with Gasteiger partial charge in [0.25, 0.3) is 0 Å². The lowest BCUT2D eigenvalue weighted by Crippen LogP contribution is -2.00. The van der Waals surface area contributed by atoms with Gasteiger partial charge in [0.15, 0.2) is 5.65 Å². The molecule has 132 valence electrons. The highest BCUT2D eigenvalue weighted by molar-refractivity contribution is 6.32. The lowest BCUT2D eigenvalue weighted by atomic mass is 10.2. The molecule has 25 heavy (non-hydrogen) atoms. The third kappa shape index (κ3) is 4.60. The van der Waals surface area contributed by atoms with E-state index < -0.39 is 0 Å². The maximum absolute atomic E-state index is 6.15. The van der Waals surface area contributed by atoms with Crippen molar-refractivity contribution >= 4 is 22.8 Å². The average Bonchev–Trinajstić information content (AvgIpc) is 3.05. The summed E-state index contributed by atoms with van der Waals surface area (Å²) in [5.41, 5.74) is 1.74. The first-order valence-electron chi connectivity index (χ1n) is 8.35. The summed E-state index contributed by atoms with van der Waals surface area (Å²) in [6.07, 6.45) is 9.44. The zero-order valence-electron chi connectivity index (χ0n) is 14.2. The zero-order valence-corrected chi connectivity index (χ0v) is 14.9. The van der Waals surface area contributed by atoms with Crippen molar-refractivity contribution in [3.63, 3.8) is 0 Å². The molecule has 0 fully saturated rings. The van der Waals surface area contributed by atoms with Gasteiger partial charge in [0.05, 0.1) is 31.3 Å². The molecule has 7 heteroatoms. The first-order valence-corrected chi connectivity index (χ1v) is 8.73. The van der Waals surface area contributed by atoms with Crippen LogP contribution in [-0.4, -0.2) is 33.2 Å². The predicted octanol–water partition coefficient (Wildman–Crippen LogP) is 4.13. The molecule has 0 spiro atoms. The molecule has 0 radical (unpaired) electrons. The number of imidazole rings is 1. The van der Waals surface area contributed by atoms with Crippen molar-refractivity contribution in [3.8, 4) is 11.5 Å². The molecule has 0 bridgehead atoms. The van der Waals surface area contributed by atoms with E-state index in [9.17, 15) is 0 Å². The first-order chi connectivity index (χ1) is 12.3. The Hall–Kier alpha value is -2.34. The maximum Gasteiger partial charge on any atom is 0.163 e. The minimum Gasteiger partial charge on any atom is -0.497 e. The monoisotopic (exact) mass is 360 g/mol. The number of nitrogens with zero attached hydrogens (tertiary/aromatic N) is 4. The molecule has 0 amide bonds. The third-order valence-electron chi connectivity index (χ3n) is 3.97. The second-order valence-electron chi connectivity index (χ2n) is 5.73. The summed E-state index contributed by atoms with van der Waals surface area (Å²) < 4.78 is 12.9. The number of unbranched alkanes of at least 4 members (excludes halogenated alkanes) is 3. The SMILES string of the molecule is COc1ccc(OCCCCCCn2cnc3cncnc32)c(Cl)c1. The molecule has 0 aliphatic rings. The van der Waals surface area contributed by atoms with Crippen LogP contribution < -0.4 is 9.47 Å². The number of aryl methyl sites for hydroxylation is 1. The molecule has 3 rings (SSSR count). The van der Waals surface area contributed by atoms with E-state index in [0.29, 0.717) is 17.4 Å². The van der Waals surface area contributed by atoms with Gasteiger partial charge in [0.2, 0.25) is 0 Å². The lowest BCUT2D eigenvalue weighted by molar-refractivity contribution is 0.303. The normalized spacial score (nSPS) is 11.0. The summed E-state index contributed by atoms with van der Waals surface area (Å²) in [7, 11) is 1.62. The number of ether oxygens (including phenoxy) is 2. The molecule has 3 aromatic rings. The van der Waals surface area contributed by atoms with E-state index in [-0.39, 0.29) is 0 Å². The zero-order chi connectivity index (χ0) is 17.5. The van der Waals surface area contributed by atoms with Crippen LogP contribution in [0.25, 0.3) is 11.2 Å². The standard InChI is InChI=1S/C18H21ClN4O2/c1-24-14-6-7-17(15(19)10-14)25-9-5-3-2-4-8-23-13-22-16-11-20-12-21-18(16)23/h6-7,10-13H,2-5,8-9H2,1H3. The smallest absolute Gasteiger partial charge is 0.163 e. The Kier molecular flexibility index (Phi) is 6.06. The Morgan fingerprint density at radius 3 is 2.84 bits per heavy atom. The quantitative estimate of drug-likeness (QED) is 0.537. The summed E-state index contributed by atoms with van der Waals surface area (Å²) >= 11 is 6.15. The van der Waals surface area contributed by atoms with Crippen molar-refractivity contribution in [1.82, 2.24) is 19.5 Å². The minimum absolute atomic E-state index is 0.577. The minimum atomic E-state index is 0.577. The molecule has 6 nitrogen and oxygen atoms in total. The van der Waals surface area contributed by atoms with Crippen molar-refractivity contribution in [1.29, 1.82) is 0 Å². The van der Waals surface area contributed by atoms with Crippen molar-refractivity contribution in [2.24, 2.45) is 0 Å². The molecule has 0 saturated carbocycles. The number of hydrogen-bond acceptors (Lipinski definition) is 5. The second kappa shape index (κ2) is 8.67. The van der Waals surface area contributed by atoms with Crippen LogP contribution in [0.1, 0.15) is 25.7 Å². The number of methoxy groups -OCH3 is 1. The fourth-order valence-corrected chi connectivity index (χ4v) is 2.85. The van der Waals surface area contributed by atoms with Gasteiger partial charge >= 0.3 is 0 Å². The van der Waals surface area contributed by atoms with Crippen LogP contribution in [0.4, 0.5) is 0 Å². The molecule has 0 N–H and O–H groups in total. The van der Waals surface area contributed by atoms with Gasteiger partial charge < -0.3 is 14.0 Å². The molecular weight excluding hydrogens is 340 g/mol. The van der Waals surface area contributed by atoms with Gasteiger partial charge in [-0.15, -0.1) is 0 Å². The summed E-state index contributed by atoms with van der Waals surface area (Å²) in [4.78, 5) is 12.5. The van der Waals surface area contributed by atoms with Crippen LogP contribution in [-0.2, 0) is 6.54 Å².